The van der Waals surface area contributed by atoms with Crippen LogP contribution in [0.3, 0.4) is 0 Å². The summed E-state index contributed by atoms with van der Waals surface area (Å²) >= 11 is 1.98. The van der Waals surface area contributed by atoms with Crippen LogP contribution in [-0.4, -0.2) is 33.0 Å². The molecule has 0 aromatic carbocycles. The average molecular weight is 242 g/mol. The Morgan fingerprint density at radius 1 is 1.44 bits per heavy atom. The van der Waals surface area contributed by atoms with Crippen LogP contribution in [-0.2, 0) is 7.05 Å². The Balaban J connectivity index is 2.51. The number of thioether (sulfide) groups is 1. The molecule has 16 heavy (non-hydrogen) atoms. The van der Waals surface area contributed by atoms with Crippen LogP contribution in [0.1, 0.15) is 32.5 Å². The summed E-state index contributed by atoms with van der Waals surface area (Å²) in [5, 5.41) is 11.4. The third-order valence-electron chi connectivity index (χ3n) is 2.29. The minimum Gasteiger partial charge on any atom is -0.308 e. The summed E-state index contributed by atoms with van der Waals surface area (Å²) in [4.78, 5) is 0. The summed E-state index contributed by atoms with van der Waals surface area (Å²) in [7, 11) is 1.94. The molecule has 1 aromatic heterocycles. The number of rotatable bonds is 7. The maximum absolute atomic E-state index is 3.98. The van der Waals surface area contributed by atoms with Gasteiger partial charge >= 0.3 is 0 Å². The fourth-order valence-corrected chi connectivity index (χ4v) is 2.66. The minimum atomic E-state index is 0.355. The van der Waals surface area contributed by atoms with Gasteiger partial charge in [-0.05, 0) is 18.2 Å². The van der Waals surface area contributed by atoms with Gasteiger partial charge in [-0.25, -0.2) is 0 Å². The van der Waals surface area contributed by atoms with Gasteiger partial charge in [0.05, 0.1) is 17.9 Å². The molecule has 4 nitrogen and oxygen atoms in total. The van der Waals surface area contributed by atoms with Gasteiger partial charge < -0.3 is 5.32 Å². The second kappa shape index (κ2) is 6.91. The molecule has 1 unspecified atom stereocenters. The smallest absolute Gasteiger partial charge is 0.0761 e. The molecule has 0 fully saturated rings. The van der Waals surface area contributed by atoms with E-state index < -0.39 is 0 Å². The normalized spacial score (nSPS) is 13.3. The number of aryl methyl sites for hydroxylation is 1. The maximum Gasteiger partial charge on any atom is 0.0761 e. The molecule has 1 N–H and O–H groups in total. The quantitative estimate of drug-likeness (QED) is 0.792. The van der Waals surface area contributed by atoms with Crippen molar-refractivity contribution in [2.24, 2.45) is 13.0 Å². The lowest BCUT2D eigenvalue weighted by Gasteiger charge is -2.17. The Morgan fingerprint density at radius 3 is 2.69 bits per heavy atom. The first-order valence-corrected chi connectivity index (χ1v) is 6.96. The summed E-state index contributed by atoms with van der Waals surface area (Å²) in [5.41, 5.74) is 1.16. The minimum absolute atomic E-state index is 0.355. The number of hydrogen-bond acceptors (Lipinski definition) is 4. The molecule has 0 aliphatic carbocycles. The zero-order valence-corrected chi connectivity index (χ0v) is 11.4. The van der Waals surface area contributed by atoms with E-state index in [4.69, 9.17) is 0 Å². The Labute approximate surface area is 102 Å². The van der Waals surface area contributed by atoms with Crippen LogP contribution >= 0.6 is 11.8 Å². The number of nitrogens with zero attached hydrogens (tertiary/aromatic N) is 3. The Morgan fingerprint density at radius 2 is 2.19 bits per heavy atom. The first-order valence-electron chi connectivity index (χ1n) is 5.80. The lowest BCUT2D eigenvalue weighted by atomic mass is 10.2. The first kappa shape index (κ1) is 13.5. The zero-order valence-electron chi connectivity index (χ0n) is 10.6. The highest BCUT2D eigenvalue weighted by atomic mass is 32.2. The second-order valence-electron chi connectivity index (χ2n) is 4.32. The van der Waals surface area contributed by atoms with E-state index in [-0.39, 0.29) is 0 Å². The Kier molecular flexibility index (Phi) is 5.84. The zero-order chi connectivity index (χ0) is 12.0. The van der Waals surface area contributed by atoms with E-state index in [1.54, 1.807) is 0 Å². The second-order valence-corrected chi connectivity index (χ2v) is 5.40. The monoisotopic (exact) mass is 242 g/mol. The van der Waals surface area contributed by atoms with Crippen molar-refractivity contribution in [2.45, 2.75) is 26.8 Å². The molecule has 5 heteroatoms. The van der Waals surface area contributed by atoms with Crippen molar-refractivity contribution in [1.82, 2.24) is 20.3 Å². The topological polar surface area (TPSA) is 42.7 Å². The number of nitrogens with one attached hydrogen (secondary N) is 1. The van der Waals surface area contributed by atoms with Gasteiger partial charge in [-0.2, -0.15) is 11.8 Å². The average Bonchev–Trinajstić information content (AvgIpc) is 2.63. The fraction of sp³-hybridized carbons (Fsp3) is 0.818. The standard InChI is InChI=1S/C11H22N4S/c1-5-12-10(8-16-7-9(2)3)11-6-13-14-15(11)4/h6,9-10,12H,5,7-8H2,1-4H3. The molecule has 92 valence electrons. The summed E-state index contributed by atoms with van der Waals surface area (Å²) < 4.78 is 1.85. The van der Waals surface area contributed by atoms with E-state index in [2.05, 4.69) is 36.4 Å². The summed E-state index contributed by atoms with van der Waals surface area (Å²) in [5.74, 6) is 3.03. The molecule has 0 aliphatic heterocycles. The molecular weight excluding hydrogens is 220 g/mol. The van der Waals surface area contributed by atoms with Gasteiger partial charge in [0.15, 0.2) is 0 Å². The highest BCUT2D eigenvalue weighted by Gasteiger charge is 2.14. The maximum atomic E-state index is 3.98. The van der Waals surface area contributed by atoms with Gasteiger partial charge in [-0.1, -0.05) is 26.0 Å². The molecular formula is C11H22N4S. The molecule has 0 saturated carbocycles. The first-order chi connectivity index (χ1) is 7.65. The third-order valence-corrected chi connectivity index (χ3v) is 3.76. The van der Waals surface area contributed by atoms with Crippen LogP contribution in [0.5, 0.6) is 0 Å². The predicted octanol–water partition coefficient (Wildman–Crippen LogP) is 1.85. The molecule has 0 bridgehead atoms. The van der Waals surface area contributed by atoms with E-state index in [9.17, 15) is 0 Å². The summed E-state index contributed by atoms with van der Waals surface area (Å²) in [6.07, 6.45) is 1.85. The van der Waals surface area contributed by atoms with Crippen LogP contribution in [0.15, 0.2) is 6.20 Å². The highest BCUT2D eigenvalue weighted by Crippen LogP contribution is 2.18. The Bertz CT molecular complexity index is 298. The molecule has 1 aromatic rings. The molecule has 0 saturated heterocycles. The van der Waals surface area contributed by atoms with Crippen molar-refractivity contribution in [3.63, 3.8) is 0 Å². The lowest BCUT2D eigenvalue weighted by Crippen LogP contribution is -2.25. The van der Waals surface area contributed by atoms with Gasteiger partial charge in [0.2, 0.25) is 0 Å². The molecule has 1 heterocycles. The molecule has 1 rings (SSSR count). The number of hydrogen-bond donors (Lipinski definition) is 1. The molecule has 0 radical (unpaired) electrons. The summed E-state index contributed by atoms with van der Waals surface area (Å²) in [6.45, 7) is 7.60. The van der Waals surface area contributed by atoms with Gasteiger partial charge in [0, 0.05) is 12.8 Å². The van der Waals surface area contributed by atoms with Crippen molar-refractivity contribution < 1.29 is 0 Å². The van der Waals surface area contributed by atoms with E-state index in [0.29, 0.717) is 6.04 Å². The third kappa shape index (κ3) is 4.14. The molecule has 1 atom stereocenters. The number of aromatic nitrogens is 3. The van der Waals surface area contributed by atoms with Gasteiger partial charge in [-0.3, -0.25) is 4.68 Å². The molecule has 0 spiro atoms. The van der Waals surface area contributed by atoms with E-state index in [1.165, 1.54) is 5.75 Å². The van der Waals surface area contributed by atoms with E-state index in [0.717, 1.165) is 23.9 Å². The van der Waals surface area contributed by atoms with Crippen molar-refractivity contribution in [3.8, 4) is 0 Å². The van der Waals surface area contributed by atoms with Gasteiger partial charge in [0.25, 0.3) is 0 Å². The van der Waals surface area contributed by atoms with Gasteiger partial charge in [0.1, 0.15) is 0 Å². The van der Waals surface area contributed by atoms with Crippen LogP contribution in [0.25, 0.3) is 0 Å². The van der Waals surface area contributed by atoms with Crippen LogP contribution in [0.2, 0.25) is 0 Å². The largest absolute Gasteiger partial charge is 0.308 e. The Hall–Kier alpha value is -0.550. The van der Waals surface area contributed by atoms with E-state index >= 15 is 0 Å². The van der Waals surface area contributed by atoms with Crippen molar-refractivity contribution in [2.75, 3.05) is 18.1 Å². The van der Waals surface area contributed by atoms with Crippen LogP contribution < -0.4 is 5.32 Å². The molecule has 0 amide bonds. The summed E-state index contributed by atoms with van der Waals surface area (Å²) in [6, 6.07) is 0.355. The fourth-order valence-electron chi connectivity index (χ4n) is 1.53. The van der Waals surface area contributed by atoms with Crippen LogP contribution in [0.4, 0.5) is 0 Å². The van der Waals surface area contributed by atoms with Crippen molar-refractivity contribution in [3.05, 3.63) is 11.9 Å². The lowest BCUT2D eigenvalue weighted by molar-refractivity contribution is 0.549. The van der Waals surface area contributed by atoms with Crippen molar-refractivity contribution >= 4 is 11.8 Å². The van der Waals surface area contributed by atoms with Gasteiger partial charge in [-0.15, -0.1) is 5.10 Å². The van der Waals surface area contributed by atoms with Crippen molar-refractivity contribution in [1.29, 1.82) is 0 Å². The van der Waals surface area contributed by atoms with Crippen LogP contribution in [0, 0.1) is 5.92 Å². The highest BCUT2D eigenvalue weighted by molar-refractivity contribution is 7.99. The van der Waals surface area contributed by atoms with E-state index in [1.807, 2.05) is 29.7 Å². The molecule has 0 aliphatic rings. The predicted molar refractivity (Wildman–Crippen MR) is 69.6 cm³/mol. The SMILES string of the molecule is CCNC(CSCC(C)C)c1cnnn1C.